The summed E-state index contributed by atoms with van der Waals surface area (Å²) in [4.78, 5) is 2.04. The van der Waals surface area contributed by atoms with E-state index < -0.39 is 5.60 Å². The van der Waals surface area contributed by atoms with E-state index >= 15 is 0 Å². The minimum absolute atomic E-state index is 0.0548. The zero-order chi connectivity index (χ0) is 20.9. The third kappa shape index (κ3) is 14.9. The fourth-order valence-electron chi connectivity index (χ4n) is 3.90. The molecule has 0 atom stereocenters. The van der Waals surface area contributed by atoms with E-state index in [1.807, 2.05) is 4.90 Å². The van der Waals surface area contributed by atoms with Crippen molar-refractivity contribution in [2.75, 3.05) is 32.8 Å². The smallest absolute Gasteiger partial charge is 0.327 e. The first-order valence-corrected chi connectivity index (χ1v) is 12.4. The second kappa shape index (κ2) is 20.2. The third-order valence-corrected chi connectivity index (χ3v) is 6.01. The molecule has 0 unspecified atom stereocenters. The minimum atomic E-state index is -0.455. The molecule has 0 heterocycles. The third-order valence-electron chi connectivity index (χ3n) is 5.55. The van der Waals surface area contributed by atoms with E-state index in [1.54, 1.807) is 0 Å². The molecular formula is C22H46NO4P. The molecule has 0 amide bonds. The van der Waals surface area contributed by atoms with E-state index in [2.05, 4.69) is 13.8 Å². The summed E-state index contributed by atoms with van der Waals surface area (Å²) in [5.41, 5.74) is -0.455. The van der Waals surface area contributed by atoms with Crippen LogP contribution in [0.2, 0.25) is 0 Å². The van der Waals surface area contributed by atoms with Gasteiger partial charge in [-0.25, -0.2) is 4.57 Å². The number of unbranched alkanes of at least 4 members (excludes halogenated alkanes) is 10. The Balaban J connectivity index is 4.79. The van der Waals surface area contributed by atoms with Crippen molar-refractivity contribution in [1.29, 1.82) is 0 Å². The molecule has 5 nitrogen and oxygen atoms in total. The van der Waals surface area contributed by atoms with E-state index in [9.17, 15) is 14.8 Å². The van der Waals surface area contributed by atoms with Crippen LogP contribution < -0.4 is 0 Å². The summed E-state index contributed by atoms with van der Waals surface area (Å²) in [6.45, 7) is 6.20. The number of rotatable bonds is 22. The first-order chi connectivity index (χ1) is 13.7. The van der Waals surface area contributed by atoms with Crippen LogP contribution in [0, 0.1) is 0 Å². The molecule has 0 saturated heterocycles. The predicted octanol–water partition coefficient (Wildman–Crippen LogP) is 5.74. The molecule has 0 bridgehead atoms. The molecule has 0 aromatic rings. The molecule has 0 aliphatic heterocycles. The van der Waals surface area contributed by atoms with Crippen molar-refractivity contribution in [2.24, 2.45) is 0 Å². The highest BCUT2D eigenvalue weighted by molar-refractivity contribution is 7.17. The van der Waals surface area contributed by atoms with Crippen molar-refractivity contribution in [3.05, 3.63) is 0 Å². The van der Waals surface area contributed by atoms with Crippen molar-refractivity contribution in [3.63, 3.8) is 0 Å². The Hall–Kier alpha value is -0.0600. The van der Waals surface area contributed by atoms with Crippen molar-refractivity contribution < 1.29 is 19.3 Å². The van der Waals surface area contributed by atoms with Crippen LogP contribution in [0.3, 0.4) is 0 Å². The lowest BCUT2D eigenvalue weighted by molar-refractivity contribution is 0.00991. The zero-order valence-corrected chi connectivity index (χ0v) is 19.4. The molecule has 2 N–H and O–H groups in total. The maximum Gasteiger partial charge on any atom is 0.327 e. The lowest BCUT2D eigenvalue weighted by Gasteiger charge is -2.36. The molecule has 168 valence electrons. The maximum atomic E-state index is 11.4. The Bertz CT molecular complexity index is 322. The topological polar surface area (TPSA) is 70.0 Å². The second-order valence-electron chi connectivity index (χ2n) is 8.11. The summed E-state index contributed by atoms with van der Waals surface area (Å²) in [7, 11) is -0.268. The van der Waals surface area contributed by atoms with Gasteiger partial charge in [-0.1, -0.05) is 90.9 Å². The van der Waals surface area contributed by atoms with Gasteiger partial charge >= 0.3 is 8.69 Å². The highest BCUT2D eigenvalue weighted by atomic mass is 31.1. The SMILES string of the molecule is CCCCCCCCC(CCCCCCCC)(CN(CCO)CCO)OP=O. The molecule has 0 aliphatic rings. The van der Waals surface area contributed by atoms with E-state index in [4.69, 9.17) is 4.52 Å². The molecule has 0 aromatic heterocycles. The molecule has 0 radical (unpaired) electrons. The van der Waals surface area contributed by atoms with Gasteiger partial charge < -0.3 is 10.2 Å². The Morgan fingerprint density at radius 2 is 1.18 bits per heavy atom. The highest BCUT2D eigenvalue weighted by Crippen LogP contribution is 2.32. The van der Waals surface area contributed by atoms with Gasteiger partial charge in [0.15, 0.2) is 0 Å². The van der Waals surface area contributed by atoms with Crippen LogP contribution in [0.25, 0.3) is 0 Å². The number of aliphatic hydroxyl groups excluding tert-OH is 2. The van der Waals surface area contributed by atoms with Crippen LogP contribution in [-0.2, 0) is 9.09 Å². The molecule has 0 aromatic carbocycles. The average Bonchev–Trinajstić information content (AvgIpc) is 2.68. The standard InChI is InChI=1S/C22H46NO4P/c1-3-5-7-9-11-13-15-22(27-28-26,16-14-12-10-8-6-4-2)21-23(17-19-24)18-20-25/h24-25H,3-21H2,1-2H3. The van der Waals surface area contributed by atoms with E-state index in [-0.39, 0.29) is 21.9 Å². The van der Waals surface area contributed by atoms with Gasteiger partial charge in [-0.3, -0.25) is 9.42 Å². The van der Waals surface area contributed by atoms with Crippen LogP contribution in [0.15, 0.2) is 0 Å². The summed E-state index contributed by atoms with van der Waals surface area (Å²) < 4.78 is 17.2. The monoisotopic (exact) mass is 419 g/mol. The summed E-state index contributed by atoms with van der Waals surface area (Å²) in [6.07, 6.45) is 16.4. The van der Waals surface area contributed by atoms with E-state index in [0.29, 0.717) is 19.6 Å². The largest absolute Gasteiger partial charge is 0.395 e. The van der Waals surface area contributed by atoms with Gasteiger partial charge in [0, 0.05) is 19.6 Å². The molecule has 0 saturated carbocycles. The van der Waals surface area contributed by atoms with Crippen molar-refractivity contribution >= 4 is 8.69 Å². The van der Waals surface area contributed by atoms with Crippen LogP contribution in [0.5, 0.6) is 0 Å². The minimum Gasteiger partial charge on any atom is -0.395 e. The molecule has 0 rings (SSSR count). The molecular weight excluding hydrogens is 373 g/mol. The highest BCUT2D eigenvalue weighted by Gasteiger charge is 2.33. The fraction of sp³-hybridized carbons (Fsp3) is 1.00. The van der Waals surface area contributed by atoms with Gasteiger partial charge in [0.2, 0.25) is 0 Å². The molecule has 28 heavy (non-hydrogen) atoms. The summed E-state index contributed by atoms with van der Waals surface area (Å²) in [6, 6.07) is 0. The van der Waals surface area contributed by atoms with Gasteiger partial charge in [0.05, 0.1) is 18.8 Å². The Labute approximate surface area is 175 Å². The fourth-order valence-corrected chi connectivity index (χ4v) is 4.30. The number of hydrogen-bond acceptors (Lipinski definition) is 5. The second-order valence-corrected chi connectivity index (χ2v) is 8.44. The summed E-state index contributed by atoms with van der Waals surface area (Å²) in [5, 5.41) is 18.7. The van der Waals surface area contributed by atoms with Gasteiger partial charge in [-0.2, -0.15) is 0 Å². The van der Waals surface area contributed by atoms with Gasteiger partial charge in [-0.15, -0.1) is 0 Å². The van der Waals surface area contributed by atoms with Gasteiger partial charge in [0.1, 0.15) is 0 Å². The van der Waals surface area contributed by atoms with E-state index in [0.717, 1.165) is 25.7 Å². The van der Waals surface area contributed by atoms with Crippen LogP contribution >= 0.6 is 8.69 Å². The molecule has 0 fully saturated rings. The Kier molecular flexibility index (Phi) is 20.2. The maximum absolute atomic E-state index is 11.4. The normalized spacial score (nSPS) is 12.3. The average molecular weight is 420 g/mol. The lowest BCUT2D eigenvalue weighted by atomic mass is 9.89. The van der Waals surface area contributed by atoms with Gasteiger partial charge in [0.25, 0.3) is 0 Å². The predicted molar refractivity (Wildman–Crippen MR) is 118 cm³/mol. The summed E-state index contributed by atoms with van der Waals surface area (Å²) >= 11 is 0. The number of hydrogen-bond donors (Lipinski definition) is 2. The quantitative estimate of drug-likeness (QED) is 0.173. The summed E-state index contributed by atoms with van der Waals surface area (Å²) in [5.74, 6) is 0. The molecule has 6 heteroatoms. The molecule has 0 spiro atoms. The Morgan fingerprint density at radius 1 is 0.750 bits per heavy atom. The van der Waals surface area contributed by atoms with Crippen LogP contribution in [0.1, 0.15) is 104 Å². The van der Waals surface area contributed by atoms with Gasteiger partial charge in [-0.05, 0) is 12.8 Å². The number of nitrogens with zero attached hydrogens (tertiary/aromatic N) is 1. The van der Waals surface area contributed by atoms with Crippen LogP contribution in [-0.4, -0.2) is 53.6 Å². The first-order valence-electron chi connectivity index (χ1n) is 11.6. The molecule has 0 aliphatic carbocycles. The lowest BCUT2D eigenvalue weighted by Crippen LogP contribution is -2.45. The van der Waals surface area contributed by atoms with Crippen LogP contribution in [0.4, 0.5) is 0 Å². The Morgan fingerprint density at radius 3 is 1.57 bits per heavy atom. The first kappa shape index (κ1) is 27.9. The van der Waals surface area contributed by atoms with Crippen molar-refractivity contribution in [3.8, 4) is 0 Å². The zero-order valence-electron chi connectivity index (χ0n) is 18.5. The van der Waals surface area contributed by atoms with Crippen molar-refractivity contribution in [2.45, 2.75) is 109 Å². The van der Waals surface area contributed by atoms with Crippen molar-refractivity contribution in [1.82, 2.24) is 4.90 Å². The number of aliphatic hydroxyl groups is 2. The van der Waals surface area contributed by atoms with E-state index in [1.165, 1.54) is 64.2 Å².